The van der Waals surface area contributed by atoms with Gasteiger partial charge in [-0.2, -0.15) is 0 Å². The molecule has 2 nitrogen and oxygen atoms in total. The van der Waals surface area contributed by atoms with Crippen molar-refractivity contribution in [3.05, 3.63) is 28.8 Å². The molecular weight excluding hydrogens is 222 g/mol. The predicted octanol–water partition coefficient (Wildman–Crippen LogP) is 2.85. The summed E-state index contributed by atoms with van der Waals surface area (Å²) in [5.74, 6) is 3.39. The molecule has 0 heterocycles. The van der Waals surface area contributed by atoms with Crippen molar-refractivity contribution in [3.63, 3.8) is 0 Å². The zero-order chi connectivity index (χ0) is 11.8. The molecule has 0 bridgehead atoms. The lowest BCUT2D eigenvalue weighted by Gasteiger charge is -2.11. The number of nitrogens with one attached hydrogen (secondary N) is 1. The second kappa shape index (κ2) is 7.16. The van der Waals surface area contributed by atoms with Gasteiger partial charge < -0.3 is 10.1 Å². The Morgan fingerprint density at radius 2 is 2.31 bits per heavy atom. The molecule has 0 aliphatic carbocycles. The van der Waals surface area contributed by atoms with Gasteiger partial charge in [0.15, 0.2) is 0 Å². The molecule has 0 aromatic heterocycles. The smallest absolute Gasteiger partial charge is 0.123 e. The lowest BCUT2D eigenvalue weighted by atomic mass is 10.2. The number of halogens is 1. The van der Waals surface area contributed by atoms with Crippen LogP contribution in [-0.4, -0.2) is 13.2 Å². The van der Waals surface area contributed by atoms with Crippen LogP contribution in [0, 0.1) is 12.3 Å². The third-order valence-electron chi connectivity index (χ3n) is 2.09. The van der Waals surface area contributed by atoms with Crippen LogP contribution >= 0.6 is 11.6 Å². The van der Waals surface area contributed by atoms with Crippen molar-refractivity contribution in [2.24, 2.45) is 0 Å². The Morgan fingerprint density at radius 1 is 1.50 bits per heavy atom. The van der Waals surface area contributed by atoms with Crippen LogP contribution in [0.1, 0.15) is 18.9 Å². The summed E-state index contributed by atoms with van der Waals surface area (Å²) in [6.45, 7) is 4.26. The average molecular weight is 238 g/mol. The molecule has 1 N–H and O–H groups in total. The van der Waals surface area contributed by atoms with E-state index in [-0.39, 0.29) is 0 Å². The van der Waals surface area contributed by atoms with E-state index in [1.807, 2.05) is 18.2 Å². The first-order valence-electron chi connectivity index (χ1n) is 5.33. The van der Waals surface area contributed by atoms with Crippen LogP contribution < -0.4 is 10.1 Å². The minimum Gasteiger partial charge on any atom is -0.492 e. The minimum atomic E-state index is 0.539. The zero-order valence-electron chi connectivity index (χ0n) is 9.42. The van der Waals surface area contributed by atoms with Gasteiger partial charge in [-0.25, -0.2) is 0 Å². The van der Waals surface area contributed by atoms with Crippen molar-refractivity contribution in [1.82, 2.24) is 5.32 Å². The van der Waals surface area contributed by atoms with E-state index in [2.05, 4.69) is 18.2 Å². The molecule has 0 amide bonds. The third-order valence-corrected chi connectivity index (χ3v) is 2.33. The van der Waals surface area contributed by atoms with Gasteiger partial charge in [0.1, 0.15) is 5.75 Å². The monoisotopic (exact) mass is 237 g/mol. The molecule has 0 fully saturated rings. The molecule has 1 aromatic carbocycles. The molecule has 86 valence electrons. The summed E-state index contributed by atoms with van der Waals surface area (Å²) in [5, 5.41) is 3.96. The van der Waals surface area contributed by atoms with Gasteiger partial charge in [0.2, 0.25) is 0 Å². The van der Waals surface area contributed by atoms with Gasteiger partial charge in [0.25, 0.3) is 0 Å². The fraction of sp³-hybridized carbons (Fsp3) is 0.385. The SMILES string of the molecule is C#CCCOc1ccc(Cl)cc1CNCC. The van der Waals surface area contributed by atoms with Crippen molar-refractivity contribution >= 4 is 11.6 Å². The molecule has 3 heteroatoms. The van der Waals surface area contributed by atoms with E-state index in [1.165, 1.54) is 0 Å². The van der Waals surface area contributed by atoms with E-state index in [0.717, 1.165) is 29.4 Å². The average Bonchev–Trinajstić information content (AvgIpc) is 2.29. The second-order valence-electron chi connectivity index (χ2n) is 3.33. The van der Waals surface area contributed by atoms with Crippen LogP contribution in [0.25, 0.3) is 0 Å². The summed E-state index contributed by atoms with van der Waals surface area (Å²) < 4.78 is 5.59. The van der Waals surface area contributed by atoms with Crippen LogP contribution in [-0.2, 0) is 6.54 Å². The Balaban J connectivity index is 2.69. The summed E-state index contributed by atoms with van der Waals surface area (Å²) in [7, 11) is 0. The molecule has 0 aliphatic heterocycles. The van der Waals surface area contributed by atoms with Gasteiger partial charge in [-0.3, -0.25) is 0 Å². The Labute approximate surface area is 102 Å². The molecule has 0 atom stereocenters. The first-order valence-corrected chi connectivity index (χ1v) is 5.71. The van der Waals surface area contributed by atoms with Crippen LogP contribution in [0.2, 0.25) is 5.02 Å². The normalized spacial score (nSPS) is 9.81. The van der Waals surface area contributed by atoms with Gasteiger partial charge >= 0.3 is 0 Å². The highest BCUT2D eigenvalue weighted by atomic mass is 35.5. The molecule has 1 aromatic rings. The maximum Gasteiger partial charge on any atom is 0.123 e. The summed E-state index contributed by atoms with van der Waals surface area (Å²) in [6, 6.07) is 5.61. The minimum absolute atomic E-state index is 0.539. The van der Waals surface area contributed by atoms with Gasteiger partial charge in [-0.15, -0.1) is 12.3 Å². The number of hydrogen-bond acceptors (Lipinski definition) is 2. The number of benzene rings is 1. The Morgan fingerprint density at radius 3 is 3.00 bits per heavy atom. The van der Waals surface area contributed by atoms with Crippen LogP contribution in [0.5, 0.6) is 5.75 Å². The maximum absolute atomic E-state index is 5.94. The number of terminal acetylenes is 1. The Bertz CT molecular complexity index is 371. The van der Waals surface area contributed by atoms with E-state index in [0.29, 0.717) is 13.0 Å². The van der Waals surface area contributed by atoms with Gasteiger partial charge in [-0.05, 0) is 24.7 Å². The van der Waals surface area contributed by atoms with Gasteiger partial charge in [0.05, 0.1) is 6.61 Å². The van der Waals surface area contributed by atoms with E-state index < -0.39 is 0 Å². The second-order valence-corrected chi connectivity index (χ2v) is 3.77. The lowest BCUT2D eigenvalue weighted by Crippen LogP contribution is -2.13. The standard InChI is InChI=1S/C13H16ClNO/c1-3-5-8-16-13-7-6-12(14)9-11(13)10-15-4-2/h1,6-7,9,15H,4-5,8,10H2,2H3. The fourth-order valence-electron chi connectivity index (χ4n) is 1.31. The van der Waals surface area contributed by atoms with Crippen LogP contribution in [0.3, 0.4) is 0 Å². The summed E-state index contributed by atoms with van der Waals surface area (Å²) >= 11 is 5.94. The van der Waals surface area contributed by atoms with E-state index in [1.54, 1.807) is 0 Å². The highest BCUT2D eigenvalue weighted by Crippen LogP contribution is 2.22. The quantitative estimate of drug-likeness (QED) is 0.607. The van der Waals surface area contributed by atoms with Crippen molar-refractivity contribution in [1.29, 1.82) is 0 Å². The molecule has 16 heavy (non-hydrogen) atoms. The predicted molar refractivity (Wildman–Crippen MR) is 67.8 cm³/mol. The number of ether oxygens (including phenoxy) is 1. The fourth-order valence-corrected chi connectivity index (χ4v) is 1.50. The molecule has 0 saturated heterocycles. The molecule has 1 rings (SSSR count). The summed E-state index contributed by atoms with van der Waals surface area (Å²) in [5.41, 5.74) is 1.06. The molecular formula is C13H16ClNO. The number of rotatable bonds is 6. The van der Waals surface area contributed by atoms with E-state index in [4.69, 9.17) is 22.8 Å². The molecule has 0 unspecified atom stereocenters. The molecule has 0 radical (unpaired) electrons. The summed E-state index contributed by atoms with van der Waals surface area (Å²) in [6.07, 6.45) is 5.79. The number of hydrogen-bond donors (Lipinski definition) is 1. The Kier molecular flexibility index (Phi) is 5.77. The van der Waals surface area contributed by atoms with Crippen LogP contribution in [0.15, 0.2) is 18.2 Å². The van der Waals surface area contributed by atoms with Gasteiger partial charge in [-0.1, -0.05) is 18.5 Å². The largest absolute Gasteiger partial charge is 0.492 e. The zero-order valence-corrected chi connectivity index (χ0v) is 10.2. The highest BCUT2D eigenvalue weighted by Gasteiger charge is 2.03. The van der Waals surface area contributed by atoms with Crippen LogP contribution in [0.4, 0.5) is 0 Å². The van der Waals surface area contributed by atoms with E-state index in [9.17, 15) is 0 Å². The van der Waals surface area contributed by atoms with Crippen molar-refractivity contribution in [2.45, 2.75) is 19.9 Å². The lowest BCUT2D eigenvalue weighted by molar-refractivity contribution is 0.323. The molecule has 0 aliphatic rings. The van der Waals surface area contributed by atoms with Crippen molar-refractivity contribution in [2.75, 3.05) is 13.2 Å². The topological polar surface area (TPSA) is 21.3 Å². The first-order chi connectivity index (χ1) is 7.77. The van der Waals surface area contributed by atoms with Crippen molar-refractivity contribution < 1.29 is 4.74 Å². The molecule has 0 spiro atoms. The van der Waals surface area contributed by atoms with E-state index >= 15 is 0 Å². The highest BCUT2D eigenvalue weighted by molar-refractivity contribution is 6.30. The third kappa shape index (κ3) is 4.14. The van der Waals surface area contributed by atoms with Crippen molar-refractivity contribution in [3.8, 4) is 18.1 Å². The summed E-state index contributed by atoms with van der Waals surface area (Å²) in [4.78, 5) is 0. The van der Waals surface area contributed by atoms with Gasteiger partial charge in [0, 0.05) is 23.6 Å². The Hall–Kier alpha value is -1.17. The molecule has 0 saturated carbocycles. The first kappa shape index (κ1) is 12.9. The maximum atomic E-state index is 5.94.